The zero-order valence-electron chi connectivity index (χ0n) is 10.4. The molecule has 2 aliphatic heterocycles. The van der Waals surface area contributed by atoms with Gasteiger partial charge in [-0.3, -0.25) is 0 Å². The molecule has 2 saturated heterocycles. The number of carbonyl (C=O) groups excluding carboxylic acids is 1. The van der Waals surface area contributed by atoms with Crippen molar-refractivity contribution >= 4 is 5.97 Å². The van der Waals surface area contributed by atoms with Crippen molar-refractivity contribution in [3.05, 3.63) is 12.2 Å². The topological polar surface area (TPSA) is 65.0 Å². The van der Waals surface area contributed by atoms with Gasteiger partial charge in [0.1, 0.15) is 0 Å². The van der Waals surface area contributed by atoms with Crippen LogP contribution in [0.15, 0.2) is 12.2 Å². The smallest absolute Gasteiger partial charge is 0.342 e. The zero-order chi connectivity index (χ0) is 12.8. The van der Waals surface area contributed by atoms with Crippen LogP contribution >= 0.6 is 0 Å². The van der Waals surface area contributed by atoms with Crippen LogP contribution < -0.4 is 0 Å². The number of carbonyl (C=O) groups is 1. The van der Waals surface area contributed by atoms with Crippen LogP contribution in [-0.2, 0) is 19.0 Å². The summed E-state index contributed by atoms with van der Waals surface area (Å²) in [7, 11) is 0. The molecule has 5 nitrogen and oxygen atoms in total. The molecule has 1 spiro atoms. The van der Waals surface area contributed by atoms with Crippen LogP contribution in [0.4, 0.5) is 0 Å². The Hall–Kier alpha value is -0.910. The van der Waals surface area contributed by atoms with Gasteiger partial charge in [-0.1, -0.05) is 13.0 Å². The largest absolute Gasteiger partial charge is 0.463 e. The minimum absolute atomic E-state index is 0.182. The summed E-state index contributed by atoms with van der Waals surface area (Å²) < 4.78 is 16.5. The van der Waals surface area contributed by atoms with Crippen LogP contribution in [0.1, 0.15) is 19.8 Å². The lowest BCUT2D eigenvalue weighted by Gasteiger charge is -2.36. The highest BCUT2D eigenvalue weighted by Crippen LogP contribution is 2.42. The second kappa shape index (κ2) is 4.05. The van der Waals surface area contributed by atoms with Gasteiger partial charge in [0.2, 0.25) is 0 Å². The van der Waals surface area contributed by atoms with E-state index in [1.807, 2.05) is 13.0 Å². The van der Waals surface area contributed by atoms with Gasteiger partial charge < -0.3 is 19.3 Å². The first-order valence-electron chi connectivity index (χ1n) is 6.41. The van der Waals surface area contributed by atoms with Gasteiger partial charge in [0.05, 0.1) is 19.8 Å². The second-order valence-corrected chi connectivity index (χ2v) is 5.47. The van der Waals surface area contributed by atoms with E-state index in [-0.39, 0.29) is 18.4 Å². The Balaban J connectivity index is 1.94. The summed E-state index contributed by atoms with van der Waals surface area (Å²) in [5, 5.41) is 10.5. The van der Waals surface area contributed by atoms with Gasteiger partial charge in [-0.2, -0.15) is 0 Å². The monoisotopic (exact) mass is 254 g/mol. The molecule has 2 heterocycles. The lowest BCUT2D eigenvalue weighted by molar-refractivity contribution is -0.188. The maximum Gasteiger partial charge on any atom is 0.342 e. The van der Waals surface area contributed by atoms with Gasteiger partial charge in [0, 0.05) is 18.8 Å². The van der Waals surface area contributed by atoms with Crippen LogP contribution in [0, 0.1) is 11.8 Å². The molecule has 1 aliphatic carbocycles. The molecule has 2 fully saturated rings. The highest BCUT2D eigenvalue weighted by Gasteiger charge is 2.54. The molecule has 0 saturated carbocycles. The molecule has 0 bridgehead atoms. The van der Waals surface area contributed by atoms with Gasteiger partial charge in [0.15, 0.2) is 11.4 Å². The predicted molar refractivity (Wildman–Crippen MR) is 61.6 cm³/mol. The molecule has 3 rings (SSSR count). The van der Waals surface area contributed by atoms with E-state index in [4.69, 9.17) is 14.2 Å². The zero-order valence-corrected chi connectivity index (χ0v) is 10.4. The van der Waals surface area contributed by atoms with E-state index in [9.17, 15) is 9.90 Å². The Bertz CT molecular complexity index is 385. The normalized spacial score (nSPS) is 44.2. The van der Waals surface area contributed by atoms with Crippen molar-refractivity contribution in [3.63, 3.8) is 0 Å². The first-order valence-corrected chi connectivity index (χ1v) is 6.41. The van der Waals surface area contributed by atoms with Crippen molar-refractivity contribution in [3.8, 4) is 0 Å². The number of allylic oxidation sites excluding steroid dienone is 1. The number of hydrogen-bond donors (Lipinski definition) is 1. The molecule has 0 aromatic rings. The van der Waals surface area contributed by atoms with Crippen molar-refractivity contribution in [2.75, 3.05) is 19.8 Å². The van der Waals surface area contributed by atoms with Crippen LogP contribution in [0.25, 0.3) is 0 Å². The average molecular weight is 254 g/mol. The fourth-order valence-corrected chi connectivity index (χ4v) is 3.07. The molecule has 100 valence electrons. The number of fused-ring (bicyclic) bond motifs is 1. The first-order chi connectivity index (χ1) is 8.54. The van der Waals surface area contributed by atoms with Gasteiger partial charge >= 0.3 is 5.97 Å². The Kier molecular flexibility index (Phi) is 2.73. The summed E-state index contributed by atoms with van der Waals surface area (Å²) in [6.07, 6.45) is 4.67. The van der Waals surface area contributed by atoms with E-state index in [0.717, 1.165) is 6.42 Å². The molecule has 0 aromatic heterocycles. The molecule has 0 radical (unpaired) electrons. The van der Waals surface area contributed by atoms with Crippen LogP contribution in [-0.4, -0.2) is 42.3 Å². The Morgan fingerprint density at radius 1 is 1.33 bits per heavy atom. The van der Waals surface area contributed by atoms with E-state index >= 15 is 0 Å². The summed E-state index contributed by atoms with van der Waals surface area (Å²) in [5.74, 6) is -1.35. The minimum Gasteiger partial charge on any atom is -0.463 e. The summed E-state index contributed by atoms with van der Waals surface area (Å²) in [6, 6.07) is 0. The van der Waals surface area contributed by atoms with Crippen LogP contribution in [0.5, 0.6) is 0 Å². The van der Waals surface area contributed by atoms with Crippen molar-refractivity contribution in [2.24, 2.45) is 11.8 Å². The maximum absolute atomic E-state index is 11.7. The number of cyclic esters (lactones) is 1. The quantitative estimate of drug-likeness (QED) is 0.507. The third kappa shape index (κ3) is 1.77. The molecule has 18 heavy (non-hydrogen) atoms. The molecule has 0 unspecified atom stereocenters. The number of ether oxygens (including phenoxy) is 3. The van der Waals surface area contributed by atoms with Gasteiger partial charge in [-0.15, -0.1) is 0 Å². The number of esters is 1. The minimum atomic E-state index is -1.52. The highest BCUT2D eigenvalue weighted by molar-refractivity contribution is 5.84. The molecular formula is C13H18O5. The Morgan fingerprint density at radius 3 is 2.78 bits per heavy atom. The maximum atomic E-state index is 11.7. The van der Waals surface area contributed by atoms with Gasteiger partial charge in [-0.05, 0) is 12.0 Å². The molecule has 3 atom stereocenters. The molecule has 0 aromatic carbocycles. The van der Waals surface area contributed by atoms with Crippen molar-refractivity contribution in [1.82, 2.24) is 0 Å². The van der Waals surface area contributed by atoms with Crippen LogP contribution in [0.3, 0.4) is 0 Å². The first kappa shape index (κ1) is 12.1. The fraction of sp³-hybridized carbons (Fsp3) is 0.769. The molecule has 1 N–H and O–H groups in total. The highest BCUT2D eigenvalue weighted by atomic mass is 16.7. The predicted octanol–water partition coefficient (Wildman–Crippen LogP) is 0.620. The van der Waals surface area contributed by atoms with E-state index in [0.29, 0.717) is 19.6 Å². The summed E-state index contributed by atoms with van der Waals surface area (Å²) in [4.78, 5) is 11.7. The summed E-state index contributed by atoms with van der Waals surface area (Å²) >= 11 is 0. The second-order valence-electron chi connectivity index (χ2n) is 5.47. The van der Waals surface area contributed by atoms with Gasteiger partial charge in [0.25, 0.3) is 0 Å². The molecular weight excluding hydrogens is 236 g/mol. The SMILES string of the molecule is C[C@@H]1/C=C\[C@]2(O)C(=O)OC[C@@H]2CC2(C1)OCCO2. The van der Waals surface area contributed by atoms with Crippen LogP contribution in [0.2, 0.25) is 0 Å². The van der Waals surface area contributed by atoms with E-state index in [1.54, 1.807) is 6.08 Å². The summed E-state index contributed by atoms with van der Waals surface area (Å²) in [5.41, 5.74) is -1.52. The van der Waals surface area contributed by atoms with E-state index < -0.39 is 17.4 Å². The lowest BCUT2D eigenvalue weighted by atomic mass is 9.79. The van der Waals surface area contributed by atoms with E-state index in [2.05, 4.69) is 0 Å². The van der Waals surface area contributed by atoms with E-state index in [1.165, 1.54) is 0 Å². The van der Waals surface area contributed by atoms with Crippen molar-refractivity contribution in [1.29, 1.82) is 0 Å². The number of rotatable bonds is 0. The Morgan fingerprint density at radius 2 is 2.06 bits per heavy atom. The molecule has 3 aliphatic rings. The lowest BCUT2D eigenvalue weighted by Crippen LogP contribution is -2.46. The third-order valence-corrected chi connectivity index (χ3v) is 4.05. The average Bonchev–Trinajstić information content (AvgIpc) is 2.87. The summed E-state index contributed by atoms with van der Waals surface area (Å²) in [6.45, 7) is 3.38. The number of hydrogen-bond acceptors (Lipinski definition) is 5. The molecule has 0 amide bonds. The standard InChI is InChI=1S/C13H18O5/c1-9-2-3-13(15)10(8-16-11(13)14)7-12(6-9)17-4-5-18-12/h2-3,9-10,15H,4-8H2,1H3/b3-2-/t9-,10+,13-/m1/s1. The fourth-order valence-electron chi connectivity index (χ4n) is 3.07. The van der Waals surface area contributed by atoms with Crippen molar-refractivity contribution < 1.29 is 24.1 Å². The number of aliphatic hydroxyl groups is 1. The molecule has 5 heteroatoms. The third-order valence-electron chi connectivity index (χ3n) is 4.05. The van der Waals surface area contributed by atoms with Crippen molar-refractivity contribution in [2.45, 2.75) is 31.2 Å². The van der Waals surface area contributed by atoms with Gasteiger partial charge in [-0.25, -0.2) is 4.79 Å². The Labute approximate surface area is 106 Å².